The minimum atomic E-state index is -0.976. The second kappa shape index (κ2) is 11.9. The number of halogens is 3. The van der Waals surface area contributed by atoms with Crippen molar-refractivity contribution >= 4 is 39.4 Å². The second-order valence-electron chi connectivity index (χ2n) is 15.6. The molecule has 274 valence electrons. The van der Waals surface area contributed by atoms with Crippen LogP contribution in [0.3, 0.4) is 0 Å². The average Bonchev–Trinajstić information content (AvgIpc) is 3.75. The van der Waals surface area contributed by atoms with E-state index in [-0.39, 0.29) is 69.5 Å². The lowest BCUT2D eigenvalue weighted by atomic mass is 9.80. The summed E-state index contributed by atoms with van der Waals surface area (Å²) in [5.41, 5.74) is -1.76. The third-order valence-electron chi connectivity index (χ3n) is 12.0. The number of carbonyl (C=O) groups excluding carboxylic acids is 2. The zero-order valence-corrected chi connectivity index (χ0v) is 29.2. The number of fused-ring (bicyclic) bond motifs is 5. The van der Waals surface area contributed by atoms with E-state index >= 15 is 4.39 Å². The molecule has 53 heavy (non-hydrogen) atoms. The molecule has 0 radical (unpaired) electrons. The van der Waals surface area contributed by atoms with E-state index in [1.165, 1.54) is 30.5 Å². The third kappa shape index (κ3) is 5.10. The van der Waals surface area contributed by atoms with E-state index in [1.54, 1.807) is 13.8 Å². The van der Waals surface area contributed by atoms with Crippen molar-refractivity contribution in [3.05, 3.63) is 47.7 Å². The van der Waals surface area contributed by atoms with Gasteiger partial charge in [-0.1, -0.05) is 12.0 Å². The number of piperazine rings is 1. The Hall–Kier alpha value is -5.16. The first kappa shape index (κ1) is 33.7. The first-order valence-electron chi connectivity index (χ1n) is 18.0. The second-order valence-corrected chi connectivity index (χ2v) is 15.6. The Morgan fingerprint density at radius 1 is 1.15 bits per heavy atom. The minimum Gasteiger partial charge on any atom is -0.508 e. The molecule has 0 aliphatic carbocycles. The topological polar surface area (TPSA) is 121 Å². The van der Waals surface area contributed by atoms with Crippen LogP contribution in [0.25, 0.3) is 32.9 Å². The number of aromatic hydroxyl groups is 1. The van der Waals surface area contributed by atoms with E-state index in [2.05, 4.69) is 20.8 Å². The molecule has 7 heterocycles. The third-order valence-corrected chi connectivity index (χ3v) is 12.0. The normalized spacial score (nSPS) is 27.5. The van der Waals surface area contributed by atoms with E-state index < -0.39 is 40.8 Å². The van der Waals surface area contributed by atoms with Crippen molar-refractivity contribution in [1.29, 1.82) is 0 Å². The summed E-state index contributed by atoms with van der Waals surface area (Å²) < 4.78 is 58.2. The summed E-state index contributed by atoms with van der Waals surface area (Å²) in [5, 5.41) is 11.5. The molecule has 11 nitrogen and oxygen atoms in total. The van der Waals surface area contributed by atoms with Gasteiger partial charge in [-0.15, -0.1) is 6.42 Å². The number of cyclic esters (lactones) is 1. The predicted octanol–water partition coefficient (Wildman–Crippen LogP) is 4.90. The molecule has 5 saturated heterocycles. The Balaban J connectivity index is 1.13. The van der Waals surface area contributed by atoms with Gasteiger partial charge in [0.2, 0.25) is 0 Å². The number of terminal acetylenes is 1. The van der Waals surface area contributed by atoms with Crippen molar-refractivity contribution < 1.29 is 37.3 Å². The van der Waals surface area contributed by atoms with Crippen molar-refractivity contribution in [3.8, 4) is 35.4 Å². The van der Waals surface area contributed by atoms with E-state index in [4.69, 9.17) is 20.9 Å². The van der Waals surface area contributed by atoms with Gasteiger partial charge in [-0.05, 0) is 69.7 Å². The highest BCUT2D eigenvalue weighted by molar-refractivity contribution is 6.03. The maximum Gasteiger partial charge on any atom is 0.319 e. The van der Waals surface area contributed by atoms with Gasteiger partial charge in [-0.3, -0.25) is 19.5 Å². The SMILES string of the molecule is C#Cc1c(F)ccc2cc(O)cc(-c3ncc4c(N5C[C@H]6CC[C@@H](C5)N6C(=O)[C@@H]5OC(=O)C5(C)C)nc(OC[C@@]56CCCN5C[C@H](F)C6)nc4c3F)c12. The molecule has 2 aromatic carbocycles. The molecule has 5 aliphatic rings. The van der Waals surface area contributed by atoms with Crippen LogP contribution in [0.2, 0.25) is 0 Å². The van der Waals surface area contributed by atoms with Gasteiger partial charge in [0.15, 0.2) is 11.9 Å². The van der Waals surface area contributed by atoms with Gasteiger partial charge >= 0.3 is 12.0 Å². The van der Waals surface area contributed by atoms with E-state index in [0.717, 1.165) is 32.2 Å². The van der Waals surface area contributed by atoms with Crippen LogP contribution >= 0.6 is 0 Å². The Kier molecular flexibility index (Phi) is 7.58. The monoisotopic (exact) mass is 726 g/mol. The van der Waals surface area contributed by atoms with Crippen molar-refractivity contribution in [1.82, 2.24) is 24.8 Å². The van der Waals surface area contributed by atoms with Gasteiger partial charge in [0.1, 0.15) is 46.8 Å². The lowest BCUT2D eigenvalue weighted by Crippen LogP contribution is -2.65. The summed E-state index contributed by atoms with van der Waals surface area (Å²) in [6, 6.07) is 4.80. The van der Waals surface area contributed by atoms with Gasteiger partial charge in [0.25, 0.3) is 5.91 Å². The average molecular weight is 727 g/mol. The molecule has 2 aromatic heterocycles. The summed E-state index contributed by atoms with van der Waals surface area (Å²) in [6.45, 7) is 5.34. The molecule has 9 rings (SSSR count). The molecule has 5 atom stereocenters. The summed E-state index contributed by atoms with van der Waals surface area (Å²) in [6.07, 6.45) is 8.73. The van der Waals surface area contributed by atoms with Crippen molar-refractivity contribution in [3.63, 3.8) is 0 Å². The van der Waals surface area contributed by atoms with Gasteiger partial charge in [-0.2, -0.15) is 9.97 Å². The number of pyridine rings is 1. The summed E-state index contributed by atoms with van der Waals surface area (Å²) >= 11 is 0. The highest BCUT2D eigenvalue weighted by Crippen LogP contribution is 2.44. The smallest absolute Gasteiger partial charge is 0.319 e. The first-order chi connectivity index (χ1) is 25.4. The molecule has 2 bridgehead atoms. The maximum absolute atomic E-state index is 17.1. The predicted molar refractivity (Wildman–Crippen MR) is 188 cm³/mol. The van der Waals surface area contributed by atoms with Gasteiger partial charge in [0.05, 0.1) is 16.5 Å². The molecule has 0 spiro atoms. The number of nitrogens with zero attached hydrogens (tertiary/aromatic N) is 6. The largest absolute Gasteiger partial charge is 0.508 e. The highest BCUT2D eigenvalue weighted by Gasteiger charge is 2.58. The number of esters is 1. The lowest BCUT2D eigenvalue weighted by molar-refractivity contribution is -0.207. The highest BCUT2D eigenvalue weighted by atomic mass is 19.1. The molecular formula is C39H37F3N6O5. The number of anilines is 1. The fourth-order valence-electron chi connectivity index (χ4n) is 9.30. The van der Waals surface area contributed by atoms with E-state index in [0.29, 0.717) is 37.3 Å². The van der Waals surface area contributed by atoms with Crippen LogP contribution in [0.5, 0.6) is 11.8 Å². The fraction of sp³-hybridized carbons (Fsp3) is 0.462. The molecule has 14 heteroatoms. The van der Waals surface area contributed by atoms with E-state index in [1.807, 2.05) is 9.80 Å². The van der Waals surface area contributed by atoms with Gasteiger partial charge in [0, 0.05) is 55.3 Å². The number of rotatable bonds is 6. The van der Waals surface area contributed by atoms with Crippen LogP contribution in [-0.2, 0) is 14.3 Å². The Bertz CT molecular complexity index is 2270. The number of alkyl halides is 1. The molecule has 0 saturated carbocycles. The van der Waals surface area contributed by atoms with Crippen LogP contribution in [0.4, 0.5) is 19.0 Å². The number of hydrogen-bond acceptors (Lipinski definition) is 10. The number of ether oxygens (including phenoxy) is 2. The lowest BCUT2D eigenvalue weighted by Gasteiger charge is -2.47. The molecule has 4 aromatic rings. The molecular weight excluding hydrogens is 689 g/mol. The standard InChI is InChI=1S/C39H37F3N6O5/c1-4-25-28(41)9-6-20-12-24(49)13-26(29(20)25)31-30(42)32-27(15-43-31)34(45-37(44-32)52-19-39-10-5-11-47(39)16-21(40)14-39)46-17-22-7-8-23(18-46)48(22)35(50)33-38(2,3)36(51)53-33/h1,6,9,12-13,15,21-23,33,49H,5,7-8,10-11,14,16-19H2,2-3H3/t21-,22-,23+,33+,39+/m1/s1. The molecule has 5 fully saturated rings. The number of benzene rings is 2. The van der Waals surface area contributed by atoms with Crippen LogP contribution in [0.1, 0.15) is 51.5 Å². The summed E-state index contributed by atoms with van der Waals surface area (Å²) in [5.74, 6) is 0.354. The van der Waals surface area contributed by atoms with Gasteiger partial charge < -0.3 is 24.4 Å². The zero-order valence-electron chi connectivity index (χ0n) is 29.2. The molecule has 5 aliphatic heterocycles. The number of hydrogen-bond donors (Lipinski definition) is 1. The van der Waals surface area contributed by atoms with Crippen LogP contribution in [0, 0.1) is 29.4 Å². The van der Waals surface area contributed by atoms with Crippen molar-refractivity contribution in [2.75, 3.05) is 37.7 Å². The number of aromatic nitrogens is 3. The quantitative estimate of drug-likeness (QED) is 0.217. The number of carbonyl (C=O) groups is 2. The number of amides is 1. The molecule has 1 N–H and O–H groups in total. The maximum atomic E-state index is 17.1. The number of phenolic OH excluding ortho intramolecular Hbond substituents is 1. The molecule has 1 amide bonds. The Morgan fingerprint density at radius 2 is 1.92 bits per heavy atom. The zero-order chi connectivity index (χ0) is 37.0. The van der Waals surface area contributed by atoms with Crippen molar-refractivity contribution in [2.24, 2.45) is 5.41 Å². The number of phenols is 1. The molecule has 0 unspecified atom stereocenters. The van der Waals surface area contributed by atoms with Crippen LogP contribution < -0.4 is 9.64 Å². The fourth-order valence-corrected chi connectivity index (χ4v) is 9.30. The van der Waals surface area contributed by atoms with Crippen LogP contribution in [-0.4, -0.2) is 104 Å². The minimum absolute atomic E-state index is 0.0831. The first-order valence-corrected chi connectivity index (χ1v) is 18.0. The Labute approximate surface area is 303 Å². The Morgan fingerprint density at radius 3 is 2.64 bits per heavy atom. The summed E-state index contributed by atoms with van der Waals surface area (Å²) in [7, 11) is 0. The van der Waals surface area contributed by atoms with Gasteiger partial charge in [-0.25, -0.2) is 13.2 Å². The summed E-state index contributed by atoms with van der Waals surface area (Å²) in [4.78, 5) is 45.5. The van der Waals surface area contributed by atoms with Crippen LogP contribution in [0.15, 0.2) is 30.5 Å². The van der Waals surface area contributed by atoms with E-state index in [9.17, 15) is 23.5 Å². The van der Waals surface area contributed by atoms with Crippen molar-refractivity contribution in [2.45, 2.75) is 75.8 Å².